The topological polar surface area (TPSA) is 25.2 Å². The number of fused-ring (bicyclic) bond motifs is 2. The van der Waals surface area contributed by atoms with Crippen LogP contribution in [-0.2, 0) is 13.5 Å². The zero-order valence-electron chi connectivity index (χ0n) is 14.4. The van der Waals surface area contributed by atoms with E-state index >= 15 is 0 Å². The number of carbonyl (C=O) groups is 1. The Morgan fingerprint density at radius 2 is 1.96 bits per heavy atom. The first-order chi connectivity index (χ1) is 12.7. The number of aryl methyl sites for hydroxylation is 1. The molecule has 0 spiro atoms. The Hall–Kier alpha value is -2.37. The number of hydrogen-bond acceptors (Lipinski definition) is 3. The van der Waals surface area contributed by atoms with Crippen molar-refractivity contribution in [3.8, 4) is 0 Å². The van der Waals surface area contributed by atoms with E-state index in [9.17, 15) is 4.79 Å². The molecular weight excluding hydrogens is 360 g/mol. The van der Waals surface area contributed by atoms with Crippen molar-refractivity contribution in [1.82, 2.24) is 9.47 Å². The van der Waals surface area contributed by atoms with Crippen molar-refractivity contribution in [2.45, 2.75) is 12.5 Å². The maximum absolute atomic E-state index is 13.6. The molecule has 1 atom stereocenters. The number of amides is 1. The number of aromatic nitrogens is 1. The van der Waals surface area contributed by atoms with Gasteiger partial charge in [0.1, 0.15) is 0 Å². The van der Waals surface area contributed by atoms with E-state index in [1.165, 1.54) is 15.3 Å². The SMILES string of the molecule is Cn1cc(C(=O)N2CCc3sccc3[C@@H]2c2cccs2)c2ccccc21. The quantitative estimate of drug-likeness (QED) is 0.477. The molecule has 0 bridgehead atoms. The Bertz CT molecular complexity index is 1090. The predicted molar refractivity (Wildman–Crippen MR) is 108 cm³/mol. The van der Waals surface area contributed by atoms with Gasteiger partial charge in [-0.25, -0.2) is 0 Å². The van der Waals surface area contributed by atoms with Crippen LogP contribution in [0.15, 0.2) is 59.4 Å². The fourth-order valence-electron chi connectivity index (χ4n) is 3.96. The van der Waals surface area contributed by atoms with Crippen molar-refractivity contribution in [2.24, 2.45) is 7.05 Å². The van der Waals surface area contributed by atoms with Crippen molar-refractivity contribution in [2.75, 3.05) is 6.54 Å². The summed E-state index contributed by atoms with van der Waals surface area (Å²) in [6, 6.07) is 14.6. The zero-order chi connectivity index (χ0) is 17.7. The monoisotopic (exact) mass is 378 g/mol. The number of hydrogen-bond donors (Lipinski definition) is 0. The van der Waals surface area contributed by atoms with Crippen molar-refractivity contribution >= 4 is 39.5 Å². The van der Waals surface area contributed by atoms with Crippen LogP contribution in [0.1, 0.15) is 31.7 Å². The highest BCUT2D eigenvalue weighted by Gasteiger charge is 2.34. The minimum Gasteiger partial charge on any atom is -0.350 e. The third kappa shape index (κ3) is 2.35. The summed E-state index contributed by atoms with van der Waals surface area (Å²) in [5.41, 5.74) is 3.18. The van der Waals surface area contributed by atoms with Gasteiger partial charge in [-0.15, -0.1) is 22.7 Å². The van der Waals surface area contributed by atoms with Crippen molar-refractivity contribution in [3.05, 3.63) is 80.3 Å². The van der Waals surface area contributed by atoms with E-state index in [1.807, 2.05) is 36.0 Å². The van der Waals surface area contributed by atoms with Crippen molar-refractivity contribution in [3.63, 3.8) is 0 Å². The highest BCUT2D eigenvalue weighted by atomic mass is 32.1. The largest absolute Gasteiger partial charge is 0.350 e. The molecule has 4 aromatic rings. The normalized spacial score (nSPS) is 16.8. The van der Waals surface area contributed by atoms with Crippen molar-refractivity contribution < 1.29 is 4.79 Å². The second kappa shape index (κ2) is 6.11. The molecule has 0 unspecified atom stereocenters. The Balaban J connectivity index is 1.63. The minimum absolute atomic E-state index is 0.0245. The summed E-state index contributed by atoms with van der Waals surface area (Å²) in [6.07, 6.45) is 2.91. The number of carbonyl (C=O) groups excluding carboxylic acids is 1. The summed E-state index contributed by atoms with van der Waals surface area (Å²) in [4.78, 5) is 18.3. The van der Waals surface area contributed by atoms with Crippen LogP contribution < -0.4 is 0 Å². The Morgan fingerprint density at radius 1 is 1.08 bits per heavy atom. The lowest BCUT2D eigenvalue weighted by atomic mass is 9.97. The molecule has 130 valence electrons. The number of nitrogens with zero attached hydrogens (tertiary/aromatic N) is 2. The van der Waals surface area contributed by atoms with Crippen LogP contribution in [0.5, 0.6) is 0 Å². The third-order valence-electron chi connectivity index (χ3n) is 5.17. The van der Waals surface area contributed by atoms with Gasteiger partial charge in [0.25, 0.3) is 5.91 Å². The van der Waals surface area contributed by atoms with Crippen LogP contribution in [0.2, 0.25) is 0 Å². The van der Waals surface area contributed by atoms with E-state index in [4.69, 9.17) is 0 Å². The molecule has 5 rings (SSSR count). The Labute approximate surface area is 160 Å². The first-order valence-electron chi connectivity index (χ1n) is 8.69. The van der Waals surface area contributed by atoms with Crippen LogP contribution in [0.4, 0.5) is 0 Å². The summed E-state index contributed by atoms with van der Waals surface area (Å²) in [5, 5.41) is 5.27. The Kier molecular flexibility index (Phi) is 3.72. The minimum atomic E-state index is 0.0245. The summed E-state index contributed by atoms with van der Waals surface area (Å²) < 4.78 is 2.04. The van der Waals surface area contributed by atoms with E-state index in [1.54, 1.807) is 22.7 Å². The molecular formula is C21H18N2OS2. The molecule has 4 heterocycles. The standard InChI is InChI=1S/C21H18N2OS2/c1-22-13-16(14-5-2-3-6-17(14)22)21(24)23-10-8-18-15(9-12-26-18)20(23)19-7-4-11-25-19/h2-7,9,11-13,20H,8,10H2,1H3/t20-/m1/s1. The van der Waals surface area contributed by atoms with E-state index in [2.05, 4.69) is 39.9 Å². The summed E-state index contributed by atoms with van der Waals surface area (Å²) in [7, 11) is 2.00. The van der Waals surface area contributed by atoms with E-state index < -0.39 is 0 Å². The highest BCUT2D eigenvalue weighted by Crippen LogP contribution is 2.40. The van der Waals surface area contributed by atoms with E-state index in [0.717, 1.165) is 29.4 Å². The summed E-state index contributed by atoms with van der Waals surface area (Å²) >= 11 is 3.53. The van der Waals surface area contributed by atoms with Gasteiger partial charge in [-0.3, -0.25) is 4.79 Å². The number of para-hydroxylation sites is 1. The lowest BCUT2D eigenvalue weighted by molar-refractivity contribution is 0.0700. The molecule has 0 saturated heterocycles. The highest BCUT2D eigenvalue weighted by molar-refractivity contribution is 7.10. The second-order valence-corrected chi connectivity index (χ2v) is 8.62. The van der Waals surface area contributed by atoms with Crippen LogP contribution in [-0.4, -0.2) is 21.9 Å². The molecule has 0 aliphatic carbocycles. The van der Waals surface area contributed by atoms with Gasteiger partial charge < -0.3 is 9.47 Å². The number of thiophene rings is 2. The van der Waals surface area contributed by atoms with E-state index in [-0.39, 0.29) is 11.9 Å². The molecule has 0 N–H and O–H groups in total. The lowest BCUT2D eigenvalue weighted by Gasteiger charge is -2.35. The molecule has 5 heteroatoms. The second-order valence-electron chi connectivity index (χ2n) is 6.64. The predicted octanol–water partition coefficient (Wildman–Crippen LogP) is 5.09. The van der Waals surface area contributed by atoms with Crippen LogP contribution in [0, 0.1) is 0 Å². The van der Waals surface area contributed by atoms with Gasteiger partial charge >= 0.3 is 0 Å². The van der Waals surface area contributed by atoms with Crippen LogP contribution in [0.25, 0.3) is 10.9 Å². The first kappa shape index (κ1) is 15.9. The van der Waals surface area contributed by atoms with Gasteiger partial charge in [-0.1, -0.05) is 24.3 Å². The lowest BCUT2D eigenvalue weighted by Crippen LogP contribution is -2.39. The molecule has 1 amide bonds. The van der Waals surface area contributed by atoms with Crippen molar-refractivity contribution in [1.29, 1.82) is 0 Å². The maximum Gasteiger partial charge on any atom is 0.256 e. The van der Waals surface area contributed by atoms with Gasteiger partial charge in [0.2, 0.25) is 0 Å². The zero-order valence-corrected chi connectivity index (χ0v) is 16.0. The molecule has 3 aromatic heterocycles. The fourth-order valence-corrected chi connectivity index (χ4v) is 5.71. The van der Waals surface area contributed by atoms with Gasteiger partial charge in [0, 0.05) is 40.4 Å². The summed E-state index contributed by atoms with van der Waals surface area (Å²) in [6.45, 7) is 0.762. The van der Waals surface area contributed by atoms with Crippen LogP contribution >= 0.6 is 22.7 Å². The van der Waals surface area contributed by atoms with Gasteiger partial charge in [0.15, 0.2) is 0 Å². The maximum atomic E-state index is 13.6. The van der Waals surface area contributed by atoms with Crippen LogP contribution in [0.3, 0.4) is 0 Å². The molecule has 0 radical (unpaired) electrons. The fraction of sp³-hybridized carbons (Fsp3) is 0.190. The van der Waals surface area contributed by atoms with Gasteiger partial charge in [0.05, 0.1) is 11.6 Å². The molecule has 1 aliphatic rings. The smallest absolute Gasteiger partial charge is 0.256 e. The molecule has 26 heavy (non-hydrogen) atoms. The van der Waals surface area contributed by atoms with Gasteiger partial charge in [-0.2, -0.15) is 0 Å². The number of rotatable bonds is 2. The summed E-state index contributed by atoms with van der Waals surface area (Å²) in [5.74, 6) is 0.122. The average molecular weight is 379 g/mol. The third-order valence-corrected chi connectivity index (χ3v) is 7.09. The molecule has 3 nitrogen and oxygen atoms in total. The average Bonchev–Trinajstić information content (AvgIpc) is 3.41. The molecule has 1 aromatic carbocycles. The molecule has 0 fully saturated rings. The van der Waals surface area contributed by atoms with Gasteiger partial charge in [-0.05, 0) is 40.9 Å². The molecule has 0 saturated carbocycles. The Morgan fingerprint density at radius 3 is 2.81 bits per heavy atom. The molecule has 1 aliphatic heterocycles. The van der Waals surface area contributed by atoms with E-state index in [0.29, 0.717) is 0 Å². The number of benzene rings is 1. The first-order valence-corrected chi connectivity index (χ1v) is 10.4.